The molecule has 1 unspecified atom stereocenters. The van der Waals surface area contributed by atoms with Gasteiger partial charge in [0.2, 0.25) is 0 Å². The largest absolute Gasteiger partial charge is 0.207 e. The van der Waals surface area contributed by atoms with Crippen LogP contribution in [0, 0.1) is 18.6 Å². The van der Waals surface area contributed by atoms with Gasteiger partial charge in [-0.1, -0.05) is 44.2 Å². The van der Waals surface area contributed by atoms with Gasteiger partial charge in [-0.25, -0.2) is 8.78 Å². The Balaban J connectivity index is 2.45. The average Bonchev–Trinajstić information content (AvgIpc) is 2.43. The Kier molecular flexibility index (Phi) is 4.14. The van der Waals surface area contributed by atoms with Crippen LogP contribution in [0.4, 0.5) is 8.78 Å². The van der Waals surface area contributed by atoms with Crippen molar-refractivity contribution in [3.8, 4) is 0 Å². The van der Waals surface area contributed by atoms with E-state index >= 15 is 0 Å². The van der Waals surface area contributed by atoms with Crippen molar-refractivity contribution < 1.29 is 8.78 Å². The van der Waals surface area contributed by atoms with Crippen molar-refractivity contribution in [1.82, 2.24) is 0 Å². The third-order valence-electron chi connectivity index (χ3n) is 3.70. The van der Waals surface area contributed by atoms with Crippen LogP contribution in [0.2, 0.25) is 0 Å². The van der Waals surface area contributed by atoms with Crippen LogP contribution in [-0.4, -0.2) is 0 Å². The monoisotopic (exact) mass is 294 g/mol. The zero-order valence-corrected chi connectivity index (χ0v) is 12.5. The van der Waals surface area contributed by atoms with E-state index in [0.29, 0.717) is 11.1 Å². The summed E-state index contributed by atoms with van der Waals surface area (Å²) in [4.78, 5) is 0. The summed E-state index contributed by atoms with van der Waals surface area (Å²) in [5.74, 6) is -1.15. The molecule has 0 amide bonds. The highest BCUT2D eigenvalue weighted by Gasteiger charge is 2.33. The first-order valence-corrected chi connectivity index (χ1v) is 6.93. The summed E-state index contributed by atoms with van der Waals surface area (Å²) in [5, 5.41) is -0.579. The molecule has 0 aliphatic carbocycles. The Bertz CT molecular complexity index is 606. The molecule has 1 atom stereocenters. The van der Waals surface area contributed by atoms with Crippen molar-refractivity contribution in [3.63, 3.8) is 0 Å². The van der Waals surface area contributed by atoms with E-state index in [9.17, 15) is 8.78 Å². The maximum absolute atomic E-state index is 14.0. The molecular formula is C17H17ClF2. The fraction of sp³-hybridized carbons (Fsp3) is 0.294. The van der Waals surface area contributed by atoms with E-state index in [-0.39, 0.29) is 0 Å². The summed E-state index contributed by atoms with van der Waals surface area (Å²) in [5.41, 5.74) is 1.28. The number of halogens is 3. The van der Waals surface area contributed by atoms with Gasteiger partial charge in [0, 0.05) is 17.0 Å². The van der Waals surface area contributed by atoms with Gasteiger partial charge in [-0.3, -0.25) is 0 Å². The first-order valence-electron chi connectivity index (χ1n) is 6.49. The Morgan fingerprint density at radius 1 is 1.00 bits per heavy atom. The molecule has 3 heteroatoms. The minimum absolute atomic E-state index is 0.333. The second-order valence-electron chi connectivity index (χ2n) is 5.57. The molecule has 0 aliphatic heterocycles. The first-order chi connectivity index (χ1) is 9.34. The minimum Gasteiger partial charge on any atom is -0.207 e. The fourth-order valence-corrected chi connectivity index (χ4v) is 2.57. The van der Waals surface area contributed by atoms with E-state index in [1.807, 2.05) is 44.2 Å². The topological polar surface area (TPSA) is 0 Å². The SMILES string of the molecule is Cc1cc(C(Cl)C(C)(C)c2ccccc2)c(F)cc1F. The van der Waals surface area contributed by atoms with Gasteiger partial charge in [-0.2, -0.15) is 0 Å². The smallest absolute Gasteiger partial charge is 0.130 e. The second kappa shape index (κ2) is 5.53. The van der Waals surface area contributed by atoms with Crippen LogP contribution in [0.3, 0.4) is 0 Å². The van der Waals surface area contributed by atoms with Crippen LogP contribution >= 0.6 is 11.6 Å². The molecule has 2 aromatic rings. The molecule has 2 aromatic carbocycles. The van der Waals surface area contributed by atoms with Crippen LogP contribution in [0.1, 0.15) is 35.9 Å². The lowest BCUT2D eigenvalue weighted by Crippen LogP contribution is -2.24. The normalized spacial score (nSPS) is 13.3. The Morgan fingerprint density at radius 2 is 1.60 bits per heavy atom. The average molecular weight is 295 g/mol. The van der Waals surface area contributed by atoms with Crippen LogP contribution in [0.5, 0.6) is 0 Å². The number of hydrogen-bond donors (Lipinski definition) is 0. The van der Waals surface area contributed by atoms with Gasteiger partial charge in [0.25, 0.3) is 0 Å². The Morgan fingerprint density at radius 3 is 2.20 bits per heavy atom. The van der Waals surface area contributed by atoms with Gasteiger partial charge in [0.05, 0.1) is 5.38 Å². The minimum atomic E-state index is -0.600. The number of aryl methyl sites for hydroxylation is 1. The van der Waals surface area contributed by atoms with Gasteiger partial charge in [-0.05, 0) is 24.1 Å². The highest BCUT2D eigenvalue weighted by Crippen LogP contribution is 2.42. The molecular weight excluding hydrogens is 278 g/mol. The predicted octanol–water partition coefficient (Wildman–Crippen LogP) is 5.53. The van der Waals surface area contributed by atoms with Crippen molar-refractivity contribution in [1.29, 1.82) is 0 Å². The third kappa shape index (κ3) is 2.71. The fourth-order valence-electron chi connectivity index (χ4n) is 2.28. The number of hydrogen-bond acceptors (Lipinski definition) is 0. The van der Waals surface area contributed by atoms with Gasteiger partial charge >= 0.3 is 0 Å². The van der Waals surface area contributed by atoms with E-state index in [2.05, 4.69) is 0 Å². The molecule has 0 fully saturated rings. The maximum Gasteiger partial charge on any atom is 0.130 e. The molecule has 0 spiro atoms. The molecule has 0 saturated carbocycles. The number of rotatable bonds is 3. The van der Waals surface area contributed by atoms with Crippen molar-refractivity contribution in [3.05, 3.63) is 70.8 Å². The Labute approximate surface area is 123 Å². The van der Waals surface area contributed by atoms with Crippen molar-refractivity contribution in [2.75, 3.05) is 0 Å². The number of alkyl halides is 1. The first kappa shape index (κ1) is 15.0. The Hall–Kier alpha value is -1.41. The summed E-state index contributed by atoms with van der Waals surface area (Å²) in [7, 11) is 0. The van der Waals surface area contributed by atoms with Gasteiger partial charge in [0.15, 0.2) is 0 Å². The van der Waals surface area contributed by atoms with Crippen molar-refractivity contribution >= 4 is 11.6 Å². The summed E-state index contributed by atoms with van der Waals surface area (Å²) < 4.78 is 27.4. The molecule has 0 nitrogen and oxygen atoms in total. The van der Waals surface area contributed by atoms with E-state index in [0.717, 1.165) is 11.6 Å². The van der Waals surface area contributed by atoms with Crippen molar-refractivity contribution in [2.45, 2.75) is 31.6 Å². The van der Waals surface area contributed by atoms with Crippen LogP contribution < -0.4 is 0 Å². The maximum atomic E-state index is 14.0. The molecule has 0 N–H and O–H groups in total. The lowest BCUT2D eigenvalue weighted by Gasteiger charge is -2.31. The molecule has 0 aromatic heterocycles. The summed E-state index contributed by atoms with van der Waals surface area (Å²) in [6, 6.07) is 12.1. The third-order valence-corrected chi connectivity index (χ3v) is 4.48. The highest BCUT2D eigenvalue weighted by atomic mass is 35.5. The van der Waals surface area contributed by atoms with E-state index in [1.54, 1.807) is 6.92 Å². The van der Waals surface area contributed by atoms with Crippen LogP contribution in [-0.2, 0) is 5.41 Å². The van der Waals surface area contributed by atoms with Crippen molar-refractivity contribution in [2.24, 2.45) is 0 Å². The lowest BCUT2D eigenvalue weighted by atomic mass is 9.78. The quantitative estimate of drug-likeness (QED) is 0.653. The molecule has 0 saturated heterocycles. The lowest BCUT2D eigenvalue weighted by molar-refractivity contribution is 0.480. The zero-order valence-electron chi connectivity index (χ0n) is 11.8. The summed E-state index contributed by atoms with van der Waals surface area (Å²) in [6.07, 6.45) is 0. The summed E-state index contributed by atoms with van der Waals surface area (Å²) >= 11 is 6.50. The molecule has 106 valence electrons. The van der Waals surface area contributed by atoms with E-state index in [4.69, 9.17) is 11.6 Å². The second-order valence-corrected chi connectivity index (χ2v) is 6.01. The standard InChI is InChI=1S/C17H17ClF2/c1-11-9-13(15(20)10-14(11)19)16(18)17(2,3)12-7-5-4-6-8-12/h4-10,16H,1-3H3. The molecule has 0 aliphatic rings. The zero-order chi connectivity index (χ0) is 14.9. The number of benzene rings is 2. The van der Waals surface area contributed by atoms with E-state index < -0.39 is 22.4 Å². The van der Waals surface area contributed by atoms with Gasteiger partial charge in [0.1, 0.15) is 11.6 Å². The highest BCUT2D eigenvalue weighted by molar-refractivity contribution is 6.21. The molecule has 20 heavy (non-hydrogen) atoms. The van der Waals surface area contributed by atoms with Gasteiger partial charge in [-0.15, -0.1) is 11.6 Å². The molecule has 0 radical (unpaired) electrons. The molecule has 0 bridgehead atoms. The molecule has 2 rings (SSSR count). The molecule has 0 heterocycles. The van der Waals surface area contributed by atoms with Crippen LogP contribution in [0.15, 0.2) is 42.5 Å². The predicted molar refractivity (Wildman–Crippen MR) is 79.2 cm³/mol. The van der Waals surface area contributed by atoms with Gasteiger partial charge < -0.3 is 0 Å². The van der Waals surface area contributed by atoms with Crippen LogP contribution in [0.25, 0.3) is 0 Å². The van der Waals surface area contributed by atoms with E-state index in [1.165, 1.54) is 6.07 Å². The summed E-state index contributed by atoms with van der Waals surface area (Å²) in [6.45, 7) is 5.52.